The number of nitrogens with zero attached hydrogens (tertiary/aromatic N) is 4. The fourth-order valence-electron chi connectivity index (χ4n) is 3.47. The minimum absolute atomic E-state index is 0.0129. The lowest BCUT2D eigenvalue weighted by Crippen LogP contribution is -2.33. The van der Waals surface area contributed by atoms with E-state index >= 15 is 0 Å². The summed E-state index contributed by atoms with van der Waals surface area (Å²) in [4.78, 5) is 18.9. The number of aryl methyl sites for hydroxylation is 1. The molecule has 0 N–H and O–H groups in total. The van der Waals surface area contributed by atoms with Crippen LogP contribution in [0, 0.1) is 12.7 Å². The minimum Gasteiger partial charge on any atom is -0.443 e. The number of aromatic nitrogens is 3. The third-order valence-electron chi connectivity index (χ3n) is 4.78. The number of amides is 1. The summed E-state index contributed by atoms with van der Waals surface area (Å²) in [6.07, 6.45) is 7.58. The van der Waals surface area contributed by atoms with Crippen LogP contribution >= 0.6 is 0 Å². The summed E-state index contributed by atoms with van der Waals surface area (Å²) in [6, 6.07) is 6.18. The molecule has 0 bridgehead atoms. The van der Waals surface area contributed by atoms with Gasteiger partial charge in [0.1, 0.15) is 24.2 Å². The number of hydrogen-bond donors (Lipinski definition) is 0. The van der Waals surface area contributed by atoms with E-state index < -0.39 is 0 Å². The highest BCUT2D eigenvalue weighted by atomic mass is 19.1. The molecular weight excluding hydrogens is 347 g/mol. The molecule has 4 rings (SSSR count). The minimum atomic E-state index is -0.260. The van der Waals surface area contributed by atoms with E-state index in [4.69, 9.17) is 4.42 Å². The highest BCUT2D eigenvalue weighted by molar-refractivity contribution is 5.76. The Bertz CT molecular complexity index is 932. The van der Waals surface area contributed by atoms with Gasteiger partial charge in [0.25, 0.3) is 0 Å². The van der Waals surface area contributed by atoms with Gasteiger partial charge < -0.3 is 9.32 Å². The molecule has 0 saturated carbocycles. The predicted octanol–water partition coefficient (Wildman–Crippen LogP) is 3.27. The normalized spacial score (nSPS) is 16.8. The van der Waals surface area contributed by atoms with Crippen molar-refractivity contribution in [3.05, 3.63) is 71.5 Å². The number of halogens is 1. The zero-order valence-electron chi connectivity index (χ0n) is 15.1. The van der Waals surface area contributed by atoms with Crippen LogP contribution in [0.25, 0.3) is 0 Å². The standard InChI is InChI=1S/C20H21FN4O2/c1-14-10-23-24(12-14)13-19(26)25-8-2-3-18(25)20-22-11-17(27-20)9-15-4-6-16(21)7-5-15/h4-7,10-12,18H,2-3,8-9,13H2,1H3. The quantitative estimate of drug-likeness (QED) is 0.693. The molecule has 1 aromatic carbocycles. The average molecular weight is 368 g/mol. The molecule has 7 heteroatoms. The van der Waals surface area contributed by atoms with E-state index in [9.17, 15) is 9.18 Å². The molecule has 1 aliphatic heterocycles. The maximum absolute atomic E-state index is 13.0. The van der Waals surface area contributed by atoms with Gasteiger partial charge in [-0.15, -0.1) is 0 Å². The Hall–Kier alpha value is -2.96. The molecule has 0 aliphatic carbocycles. The third-order valence-corrected chi connectivity index (χ3v) is 4.78. The zero-order valence-corrected chi connectivity index (χ0v) is 15.1. The van der Waals surface area contributed by atoms with Gasteiger partial charge in [0, 0.05) is 19.2 Å². The molecule has 3 aromatic rings. The first-order valence-corrected chi connectivity index (χ1v) is 9.06. The fraction of sp³-hybridized carbons (Fsp3) is 0.350. The summed E-state index contributed by atoms with van der Waals surface area (Å²) in [5, 5.41) is 4.19. The SMILES string of the molecule is Cc1cnn(CC(=O)N2CCCC2c2ncc(Cc3ccc(F)cc3)o2)c1. The third kappa shape index (κ3) is 3.92. The van der Waals surface area contributed by atoms with Gasteiger partial charge in [0.15, 0.2) is 0 Å². The van der Waals surface area contributed by atoms with Crippen LogP contribution in [0.1, 0.15) is 41.7 Å². The zero-order chi connectivity index (χ0) is 18.8. The van der Waals surface area contributed by atoms with Crippen molar-refractivity contribution < 1.29 is 13.6 Å². The summed E-state index contributed by atoms with van der Waals surface area (Å²) in [7, 11) is 0. The molecule has 3 heterocycles. The molecule has 1 fully saturated rings. The molecule has 1 aliphatic rings. The van der Waals surface area contributed by atoms with E-state index in [0.717, 1.165) is 24.0 Å². The Morgan fingerprint density at radius 2 is 2.11 bits per heavy atom. The lowest BCUT2D eigenvalue weighted by atomic mass is 10.1. The summed E-state index contributed by atoms with van der Waals surface area (Å²) in [5.74, 6) is 1.02. The number of benzene rings is 1. The van der Waals surface area contributed by atoms with Crippen LogP contribution in [0.3, 0.4) is 0 Å². The van der Waals surface area contributed by atoms with Gasteiger partial charge in [-0.3, -0.25) is 9.48 Å². The van der Waals surface area contributed by atoms with Gasteiger partial charge in [0.2, 0.25) is 11.8 Å². The van der Waals surface area contributed by atoms with Crippen molar-refractivity contribution in [1.82, 2.24) is 19.7 Å². The van der Waals surface area contributed by atoms with E-state index in [1.165, 1.54) is 12.1 Å². The molecule has 1 saturated heterocycles. The highest BCUT2D eigenvalue weighted by Crippen LogP contribution is 2.32. The van der Waals surface area contributed by atoms with E-state index in [2.05, 4.69) is 10.1 Å². The first-order valence-electron chi connectivity index (χ1n) is 9.06. The van der Waals surface area contributed by atoms with E-state index in [-0.39, 0.29) is 24.3 Å². The second-order valence-electron chi connectivity index (χ2n) is 6.93. The topological polar surface area (TPSA) is 64.2 Å². The van der Waals surface area contributed by atoms with Crippen molar-refractivity contribution in [2.75, 3.05) is 6.54 Å². The molecule has 0 radical (unpaired) electrons. The summed E-state index contributed by atoms with van der Waals surface area (Å²) >= 11 is 0. The smallest absolute Gasteiger partial charge is 0.244 e. The number of oxazole rings is 1. The van der Waals surface area contributed by atoms with Gasteiger partial charge in [0.05, 0.1) is 12.4 Å². The molecule has 0 spiro atoms. The van der Waals surface area contributed by atoms with Crippen LogP contribution in [0.5, 0.6) is 0 Å². The van der Waals surface area contributed by atoms with Crippen LogP contribution in [0.15, 0.2) is 47.3 Å². The van der Waals surface area contributed by atoms with Gasteiger partial charge in [-0.1, -0.05) is 12.1 Å². The van der Waals surface area contributed by atoms with E-state index in [1.807, 2.05) is 18.0 Å². The van der Waals surface area contributed by atoms with Crippen LogP contribution in [-0.2, 0) is 17.8 Å². The van der Waals surface area contributed by atoms with Crippen LogP contribution in [0.2, 0.25) is 0 Å². The molecule has 6 nitrogen and oxygen atoms in total. The Kier molecular flexibility index (Phi) is 4.75. The van der Waals surface area contributed by atoms with Crippen LogP contribution in [0.4, 0.5) is 4.39 Å². The van der Waals surface area contributed by atoms with Crippen molar-refractivity contribution in [2.24, 2.45) is 0 Å². The van der Waals surface area contributed by atoms with Crippen LogP contribution < -0.4 is 0 Å². The molecular formula is C20H21FN4O2. The maximum Gasteiger partial charge on any atom is 0.244 e. The van der Waals surface area contributed by atoms with Crippen molar-refractivity contribution in [1.29, 1.82) is 0 Å². The average Bonchev–Trinajstić information content (AvgIpc) is 3.37. The van der Waals surface area contributed by atoms with Gasteiger partial charge in [-0.05, 0) is 43.0 Å². The fourth-order valence-corrected chi connectivity index (χ4v) is 3.47. The second kappa shape index (κ2) is 7.34. The van der Waals surface area contributed by atoms with Crippen LogP contribution in [-0.4, -0.2) is 32.1 Å². The Labute approximate surface area is 156 Å². The van der Waals surface area contributed by atoms with Crippen molar-refractivity contribution >= 4 is 5.91 Å². The lowest BCUT2D eigenvalue weighted by molar-refractivity contribution is -0.133. The second-order valence-corrected chi connectivity index (χ2v) is 6.93. The number of carbonyl (C=O) groups excluding carboxylic acids is 1. The number of carbonyl (C=O) groups is 1. The van der Waals surface area contributed by atoms with Gasteiger partial charge in [-0.2, -0.15) is 5.10 Å². The lowest BCUT2D eigenvalue weighted by Gasteiger charge is -2.22. The van der Waals surface area contributed by atoms with Crippen molar-refractivity contribution in [2.45, 2.75) is 38.8 Å². The molecule has 1 atom stereocenters. The van der Waals surface area contributed by atoms with Gasteiger partial charge in [-0.25, -0.2) is 9.37 Å². The van der Waals surface area contributed by atoms with E-state index in [1.54, 1.807) is 29.2 Å². The summed E-state index contributed by atoms with van der Waals surface area (Å²) in [5.41, 5.74) is 1.98. The Morgan fingerprint density at radius 3 is 2.85 bits per heavy atom. The van der Waals surface area contributed by atoms with Crippen molar-refractivity contribution in [3.63, 3.8) is 0 Å². The molecule has 140 valence electrons. The molecule has 1 amide bonds. The number of hydrogen-bond acceptors (Lipinski definition) is 4. The first-order chi connectivity index (χ1) is 13.1. The summed E-state index contributed by atoms with van der Waals surface area (Å²) in [6.45, 7) is 2.86. The Morgan fingerprint density at radius 1 is 1.30 bits per heavy atom. The summed E-state index contributed by atoms with van der Waals surface area (Å²) < 4.78 is 20.6. The molecule has 1 unspecified atom stereocenters. The van der Waals surface area contributed by atoms with E-state index in [0.29, 0.717) is 24.6 Å². The van der Waals surface area contributed by atoms with Gasteiger partial charge >= 0.3 is 0 Å². The molecule has 27 heavy (non-hydrogen) atoms. The molecule has 2 aromatic heterocycles. The Balaban J connectivity index is 1.45. The predicted molar refractivity (Wildman–Crippen MR) is 96.4 cm³/mol. The highest BCUT2D eigenvalue weighted by Gasteiger charge is 2.33. The first kappa shape index (κ1) is 17.5. The van der Waals surface area contributed by atoms with Crippen molar-refractivity contribution in [3.8, 4) is 0 Å². The largest absolute Gasteiger partial charge is 0.443 e. The number of rotatable bonds is 5. The maximum atomic E-state index is 13.0. The monoisotopic (exact) mass is 368 g/mol. The number of likely N-dealkylation sites (tertiary alicyclic amines) is 1.